The SMILES string of the molecule is C#CCOc1cc(CNC(=NC)NCCc2ccc(F)cc2)ccc1OC. The van der Waals surface area contributed by atoms with Crippen molar-refractivity contribution in [1.82, 2.24) is 10.6 Å². The maximum Gasteiger partial charge on any atom is 0.191 e. The molecule has 5 nitrogen and oxygen atoms in total. The van der Waals surface area contributed by atoms with E-state index < -0.39 is 0 Å². The smallest absolute Gasteiger partial charge is 0.191 e. The monoisotopic (exact) mass is 369 g/mol. The lowest BCUT2D eigenvalue weighted by atomic mass is 10.1. The molecule has 0 bridgehead atoms. The minimum atomic E-state index is -0.228. The van der Waals surface area contributed by atoms with Gasteiger partial charge in [-0.05, 0) is 41.8 Å². The minimum absolute atomic E-state index is 0.180. The highest BCUT2D eigenvalue weighted by Gasteiger charge is 2.06. The van der Waals surface area contributed by atoms with Gasteiger partial charge >= 0.3 is 0 Å². The molecule has 0 amide bonds. The van der Waals surface area contributed by atoms with E-state index in [-0.39, 0.29) is 12.4 Å². The number of ether oxygens (including phenoxy) is 2. The van der Waals surface area contributed by atoms with E-state index in [4.69, 9.17) is 15.9 Å². The fourth-order valence-corrected chi connectivity index (χ4v) is 2.45. The van der Waals surface area contributed by atoms with Gasteiger partial charge in [-0.15, -0.1) is 6.42 Å². The number of halogens is 1. The third-order valence-corrected chi connectivity index (χ3v) is 3.84. The quantitative estimate of drug-likeness (QED) is 0.427. The van der Waals surface area contributed by atoms with Gasteiger partial charge in [0.05, 0.1) is 7.11 Å². The van der Waals surface area contributed by atoms with Gasteiger partial charge in [-0.3, -0.25) is 4.99 Å². The number of guanidine groups is 1. The molecule has 0 aliphatic carbocycles. The summed E-state index contributed by atoms with van der Waals surface area (Å²) in [7, 11) is 3.30. The van der Waals surface area contributed by atoms with Gasteiger partial charge in [-0.2, -0.15) is 0 Å². The van der Waals surface area contributed by atoms with Gasteiger partial charge in [0, 0.05) is 20.1 Å². The van der Waals surface area contributed by atoms with Crippen molar-refractivity contribution in [3.05, 3.63) is 59.4 Å². The number of nitrogens with one attached hydrogen (secondary N) is 2. The Labute approximate surface area is 159 Å². The van der Waals surface area contributed by atoms with Gasteiger partial charge in [0.2, 0.25) is 0 Å². The second kappa shape index (κ2) is 10.7. The molecule has 2 N–H and O–H groups in total. The molecule has 0 saturated carbocycles. The first-order chi connectivity index (χ1) is 13.2. The van der Waals surface area contributed by atoms with Crippen molar-refractivity contribution < 1.29 is 13.9 Å². The van der Waals surface area contributed by atoms with E-state index in [1.54, 1.807) is 26.3 Å². The third kappa shape index (κ3) is 6.55. The van der Waals surface area contributed by atoms with Crippen molar-refractivity contribution in [3.8, 4) is 23.8 Å². The second-order valence-corrected chi connectivity index (χ2v) is 5.71. The second-order valence-electron chi connectivity index (χ2n) is 5.71. The summed E-state index contributed by atoms with van der Waals surface area (Å²) in [4.78, 5) is 4.21. The highest BCUT2D eigenvalue weighted by atomic mass is 19.1. The number of aliphatic imine (C=N–C) groups is 1. The zero-order chi connectivity index (χ0) is 19.5. The van der Waals surface area contributed by atoms with E-state index in [1.165, 1.54) is 12.1 Å². The molecule has 0 spiro atoms. The van der Waals surface area contributed by atoms with Gasteiger partial charge < -0.3 is 20.1 Å². The minimum Gasteiger partial charge on any atom is -0.493 e. The fraction of sp³-hybridized carbons (Fsp3) is 0.286. The number of benzene rings is 2. The van der Waals surface area contributed by atoms with Crippen LogP contribution in [0.1, 0.15) is 11.1 Å². The number of hydrogen-bond acceptors (Lipinski definition) is 3. The Morgan fingerprint density at radius 3 is 2.52 bits per heavy atom. The number of hydrogen-bond donors (Lipinski definition) is 2. The molecule has 6 heteroatoms. The van der Waals surface area contributed by atoms with Crippen LogP contribution in [0.4, 0.5) is 4.39 Å². The molecule has 0 aromatic heterocycles. The number of nitrogens with zero attached hydrogens (tertiary/aromatic N) is 1. The molecule has 142 valence electrons. The van der Waals surface area contributed by atoms with E-state index in [0.717, 1.165) is 17.5 Å². The summed E-state index contributed by atoms with van der Waals surface area (Å²) >= 11 is 0. The zero-order valence-electron chi connectivity index (χ0n) is 15.6. The van der Waals surface area contributed by atoms with Gasteiger partial charge in [-0.25, -0.2) is 4.39 Å². The van der Waals surface area contributed by atoms with Gasteiger partial charge in [0.25, 0.3) is 0 Å². The van der Waals surface area contributed by atoms with E-state index in [0.29, 0.717) is 30.5 Å². The van der Waals surface area contributed by atoms with E-state index in [9.17, 15) is 4.39 Å². The van der Waals surface area contributed by atoms with Crippen LogP contribution in [0.25, 0.3) is 0 Å². The molecule has 0 aliphatic rings. The highest BCUT2D eigenvalue weighted by molar-refractivity contribution is 5.79. The van der Waals surface area contributed by atoms with Crippen molar-refractivity contribution >= 4 is 5.96 Å². The molecule has 0 aliphatic heterocycles. The normalized spacial score (nSPS) is 10.8. The van der Waals surface area contributed by atoms with Crippen molar-refractivity contribution in [2.45, 2.75) is 13.0 Å². The summed E-state index contributed by atoms with van der Waals surface area (Å²) in [5, 5.41) is 6.48. The Morgan fingerprint density at radius 1 is 1.11 bits per heavy atom. The van der Waals surface area contributed by atoms with Gasteiger partial charge in [0.1, 0.15) is 12.4 Å². The predicted octanol–water partition coefficient (Wildman–Crippen LogP) is 2.75. The van der Waals surface area contributed by atoms with Crippen LogP contribution >= 0.6 is 0 Å². The van der Waals surface area contributed by atoms with E-state index >= 15 is 0 Å². The molecule has 0 saturated heterocycles. The van der Waals surface area contributed by atoms with Crippen molar-refractivity contribution in [1.29, 1.82) is 0 Å². The van der Waals surface area contributed by atoms with Crippen LogP contribution in [0.5, 0.6) is 11.5 Å². The number of rotatable bonds is 8. The van der Waals surface area contributed by atoms with Gasteiger partial charge in [0.15, 0.2) is 17.5 Å². The molecule has 2 aromatic carbocycles. The lowest BCUT2D eigenvalue weighted by Gasteiger charge is -2.14. The highest BCUT2D eigenvalue weighted by Crippen LogP contribution is 2.27. The summed E-state index contributed by atoms with van der Waals surface area (Å²) in [5.74, 6) is 4.14. The van der Waals surface area contributed by atoms with Crippen LogP contribution < -0.4 is 20.1 Å². The first-order valence-corrected chi connectivity index (χ1v) is 8.58. The van der Waals surface area contributed by atoms with E-state index in [2.05, 4.69) is 21.5 Å². The standard InChI is InChI=1S/C21H24FN3O2/c1-4-13-27-20-14-17(7-10-19(20)26-3)15-25-21(23-2)24-12-11-16-5-8-18(22)9-6-16/h1,5-10,14H,11-13,15H2,2-3H3,(H2,23,24,25). The maximum absolute atomic E-state index is 12.9. The average Bonchev–Trinajstić information content (AvgIpc) is 2.70. The van der Waals surface area contributed by atoms with Crippen LogP contribution in [0.2, 0.25) is 0 Å². The maximum atomic E-state index is 12.9. The Balaban J connectivity index is 1.86. The van der Waals surface area contributed by atoms with Crippen molar-refractivity contribution in [2.75, 3.05) is 27.3 Å². The molecule has 0 atom stereocenters. The largest absolute Gasteiger partial charge is 0.493 e. The molecule has 2 rings (SSSR count). The van der Waals surface area contributed by atoms with Gasteiger partial charge in [-0.1, -0.05) is 24.1 Å². The molecule has 0 radical (unpaired) electrons. The third-order valence-electron chi connectivity index (χ3n) is 3.84. The molecular formula is C21H24FN3O2. The summed E-state index contributed by atoms with van der Waals surface area (Å²) in [6, 6.07) is 12.2. The van der Waals surface area contributed by atoms with Crippen LogP contribution in [0.15, 0.2) is 47.5 Å². The summed E-state index contributed by atoms with van der Waals surface area (Å²) < 4.78 is 23.7. The number of terminal acetylenes is 1. The zero-order valence-corrected chi connectivity index (χ0v) is 15.6. The number of methoxy groups -OCH3 is 1. The Morgan fingerprint density at radius 2 is 1.85 bits per heavy atom. The summed E-state index contributed by atoms with van der Waals surface area (Å²) in [6.45, 7) is 1.43. The summed E-state index contributed by atoms with van der Waals surface area (Å²) in [6.07, 6.45) is 6.02. The Hall–Kier alpha value is -3.20. The first kappa shape index (κ1) is 20.1. The molecule has 27 heavy (non-hydrogen) atoms. The van der Waals surface area contributed by atoms with Crippen LogP contribution in [-0.4, -0.2) is 33.3 Å². The fourth-order valence-electron chi connectivity index (χ4n) is 2.45. The predicted molar refractivity (Wildman–Crippen MR) is 106 cm³/mol. The van der Waals surface area contributed by atoms with Crippen LogP contribution in [0, 0.1) is 18.2 Å². The molecule has 0 unspecified atom stereocenters. The van der Waals surface area contributed by atoms with E-state index in [1.807, 2.05) is 18.2 Å². The molecular weight excluding hydrogens is 345 g/mol. The summed E-state index contributed by atoms with van der Waals surface area (Å²) in [5.41, 5.74) is 2.06. The van der Waals surface area contributed by atoms with Crippen molar-refractivity contribution in [3.63, 3.8) is 0 Å². The van der Waals surface area contributed by atoms with Crippen LogP contribution in [-0.2, 0) is 13.0 Å². The first-order valence-electron chi connectivity index (χ1n) is 8.58. The Bertz CT molecular complexity index is 798. The topological polar surface area (TPSA) is 54.9 Å². The molecule has 0 fully saturated rings. The lowest BCUT2D eigenvalue weighted by molar-refractivity contribution is 0.330. The molecule has 2 aromatic rings. The Kier molecular flexibility index (Phi) is 7.98. The van der Waals surface area contributed by atoms with Crippen LogP contribution in [0.3, 0.4) is 0 Å². The average molecular weight is 369 g/mol. The lowest BCUT2D eigenvalue weighted by Crippen LogP contribution is -2.37. The van der Waals surface area contributed by atoms with Crippen molar-refractivity contribution in [2.24, 2.45) is 4.99 Å². The molecule has 0 heterocycles.